The molecule has 0 saturated carbocycles. The van der Waals surface area contributed by atoms with Crippen LogP contribution in [0.1, 0.15) is 24.1 Å². The van der Waals surface area contributed by atoms with Crippen molar-refractivity contribution in [2.75, 3.05) is 34.4 Å². The number of nitrogens with one attached hydrogen (secondary N) is 2. The summed E-state index contributed by atoms with van der Waals surface area (Å²) in [4.78, 5) is 13.9. The summed E-state index contributed by atoms with van der Waals surface area (Å²) in [5, 5.41) is 5.76. The summed E-state index contributed by atoms with van der Waals surface area (Å²) in [5.74, 6) is 0. The topological polar surface area (TPSA) is 53.6 Å². The lowest BCUT2D eigenvalue weighted by Crippen LogP contribution is -2.45. The molecule has 0 aliphatic carbocycles. The molecule has 0 aliphatic heterocycles. The van der Waals surface area contributed by atoms with Crippen LogP contribution in [-0.2, 0) is 4.74 Å². The molecule has 1 rings (SSSR count). The van der Waals surface area contributed by atoms with Gasteiger partial charge in [0.25, 0.3) is 0 Å². The lowest BCUT2D eigenvalue weighted by Gasteiger charge is -2.25. The first-order valence-corrected chi connectivity index (χ1v) is 7.20. The van der Waals surface area contributed by atoms with E-state index in [1.807, 2.05) is 21.0 Å². The van der Waals surface area contributed by atoms with Gasteiger partial charge in [-0.3, -0.25) is 0 Å². The van der Waals surface area contributed by atoms with Gasteiger partial charge in [0.15, 0.2) is 0 Å². The summed E-state index contributed by atoms with van der Waals surface area (Å²) < 4.78 is 5.00. The molecule has 21 heavy (non-hydrogen) atoms. The third kappa shape index (κ3) is 6.14. The monoisotopic (exact) mass is 293 g/mol. The Morgan fingerprint density at radius 1 is 1.29 bits per heavy atom. The van der Waals surface area contributed by atoms with E-state index in [1.54, 1.807) is 7.11 Å². The van der Waals surface area contributed by atoms with Crippen LogP contribution in [0.4, 0.5) is 4.79 Å². The molecular weight excluding hydrogens is 266 g/mol. The van der Waals surface area contributed by atoms with Crippen LogP contribution in [0.15, 0.2) is 24.3 Å². The normalized spacial score (nSPS) is 13.8. The predicted molar refractivity (Wildman–Crippen MR) is 85.5 cm³/mol. The number of amides is 2. The number of carbonyl (C=O) groups is 1. The number of ether oxygens (including phenoxy) is 1. The minimum Gasteiger partial charge on any atom is -0.383 e. The van der Waals surface area contributed by atoms with Crippen molar-refractivity contribution in [3.8, 4) is 0 Å². The zero-order chi connectivity index (χ0) is 15.8. The van der Waals surface area contributed by atoms with Crippen LogP contribution in [0.25, 0.3) is 0 Å². The Kier molecular flexibility index (Phi) is 7.19. The number of nitrogens with zero attached hydrogens (tertiary/aromatic N) is 1. The van der Waals surface area contributed by atoms with E-state index in [-0.39, 0.29) is 18.1 Å². The van der Waals surface area contributed by atoms with Crippen molar-refractivity contribution in [2.45, 2.75) is 25.9 Å². The summed E-state index contributed by atoms with van der Waals surface area (Å²) in [5.41, 5.74) is 2.42. The smallest absolute Gasteiger partial charge is 0.315 e. The SMILES string of the molecule is COC[C@@H](C)NC(=O)NC[C@H](c1ccc(C)cc1)N(C)C. The molecule has 118 valence electrons. The highest BCUT2D eigenvalue weighted by Crippen LogP contribution is 2.17. The predicted octanol–water partition coefficient (Wildman–Crippen LogP) is 1.93. The maximum atomic E-state index is 11.8. The molecule has 5 nitrogen and oxygen atoms in total. The highest BCUT2D eigenvalue weighted by atomic mass is 16.5. The Labute approximate surface area is 127 Å². The molecule has 0 aliphatic rings. The van der Waals surface area contributed by atoms with E-state index in [2.05, 4.69) is 46.7 Å². The number of urea groups is 1. The Hall–Kier alpha value is -1.59. The second-order valence-electron chi connectivity index (χ2n) is 5.60. The number of aryl methyl sites for hydroxylation is 1. The molecular formula is C16H27N3O2. The van der Waals surface area contributed by atoms with Gasteiger partial charge in [0.1, 0.15) is 0 Å². The molecule has 0 unspecified atom stereocenters. The summed E-state index contributed by atoms with van der Waals surface area (Å²) in [6.07, 6.45) is 0. The molecule has 0 spiro atoms. The van der Waals surface area contributed by atoms with Crippen LogP contribution >= 0.6 is 0 Å². The first-order chi connectivity index (χ1) is 9.93. The van der Waals surface area contributed by atoms with Crippen LogP contribution < -0.4 is 10.6 Å². The van der Waals surface area contributed by atoms with Crippen molar-refractivity contribution in [1.29, 1.82) is 0 Å². The Balaban J connectivity index is 2.56. The zero-order valence-corrected chi connectivity index (χ0v) is 13.6. The second-order valence-corrected chi connectivity index (χ2v) is 5.60. The molecule has 0 bridgehead atoms. The second kappa shape index (κ2) is 8.64. The Bertz CT molecular complexity index is 432. The Morgan fingerprint density at radius 2 is 1.90 bits per heavy atom. The van der Waals surface area contributed by atoms with E-state index in [4.69, 9.17) is 4.74 Å². The van der Waals surface area contributed by atoms with Crippen LogP contribution in [0.2, 0.25) is 0 Å². The van der Waals surface area contributed by atoms with Gasteiger partial charge in [0, 0.05) is 13.7 Å². The summed E-state index contributed by atoms with van der Waals surface area (Å²) in [6.45, 7) is 5.04. The van der Waals surface area contributed by atoms with E-state index in [0.29, 0.717) is 13.2 Å². The minimum absolute atomic E-state index is 0.00724. The average Bonchev–Trinajstić information content (AvgIpc) is 2.40. The summed E-state index contributed by atoms with van der Waals surface area (Å²) in [7, 11) is 5.64. The number of carbonyl (C=O) groups excluding carboxylic acids is 1. The number of benzene rings is 1. The van der Waals surface area contributed by atoms with Gasteiger partial charge in [0.05, 0.1) is 18.7 Å². The van der Waals surface area contributed by atoms with Gasteiger partial charge in [-0.15, -0.1) is 0 Å². The number of hydrogen-bond acceptors (Lipinski definition) is 3. The molecule has 0 aromatic heterocycles. The first kappa shape index (κ1) is 17.5. The number of rotatable bonds is 7. The lowest BCUT2D eigenvalue weighted by atomic mass is 10.0. The molecule has 5 heteroatoms. The lowest BCUT2D eigenvalue weighted by molar-refractivity contribution is 0.170. The van der Waals surface area contributed by atoms with Crippen LogP contribution in [0.3, 0.4) is 0 Å². The largest absolute Gasteiger partial charge is 0.383 e. The van der Waals surface area contributed by atoms with E-state index < -0.39 is 0 Å². The van der Waals surface area contributed by atoms with E-state index in [9.17, 15) is 4.79 Å². The fraction of sp³-hybridized carbons (Fsp3) is 0.562. The van der Waals surface area contributed by atoms with E-state index in [0.717, 1.165) is 0 Å². The van der Waals surface area contributed by atoms with Gasteiger partial charge in [-0.05, 0) is 33.5 Å². The third-order valence-electron chi connectivity index (χ3n) is 3.34. The highest BCUT2D eigenvalue weighted by Gasteiger charge is 2.15. The van der Waals surface area contributed by atoms with Crippen molar-refractivity contribution in [2.24, 2.45) is 0 Å². The van der Waals surface area contributed by atoms with Gasteiger partial charge in [0.2, 0.25) is 0 Å². The molecule has 0 saturated heterocycles. The molecule has 1 aromatic carbocycles. The van der Waals surface area contributed by atoms with E-state index in [1.165, 1.54) is 11.1 Å². The molecule has 2 N–H and O–H groups in total. The summed E-state index contributed by atoms with van der Waals surface area (Å²) >= 11 is 0. The molecule has 2 amide bonds. The van der Waals surface area contributed by atoms with Gasteiger partial charge in [-0.2, -0.15) is 0 Å². The van der Waals surface area contributed by atoms with E-state index >= 15 is 0 Å². The first-order valence-electron chi connectivity index (χ1n) is 7.20. The van der Waals surface area contributed by atoms with Crippen molar-refractivity contribution in [1.82, 2.24) is 15.5 Å². The van der Waals surface area contributed by atoms with Gasteiger partial charge < -0.3 is 20.3 Å². The molecule has 0 heterocycles. The molecule has 0 radical (unpaired) electrons. The van der Waals surface area contributed by atoms with Gasteiger partial charge in [-0.1, -0.05) is 29.8 Å². The Morgan fingerprint density at radius 3 is 2.43 bits per heavy atom. The molecule has 0 fully saturated rings. The molecule has 2 atom stereocenters. The van der Waals surface area contributed by atoms with Crippen molar-refractivity contribution < 1.29 is 9.53 Å². The maximum absolute atomic E-state index is 11.8. The number of methoxy groups -OCH3 is 1. The third-order valence-corrected chi connectivity index (χ3v) is 3.34. The fourth-order valence-electron chi connectivity index (χ4n) is 2.14. The number of hydrogen-bond donors (Lipinski definition) is 2. The zero-order valence-electron chi connectivity index (χ0n) is 13.6. The highest BCUT2D eigenvalue weighted by molar-refractivity contribution is 5.74. The van der Waals surface area contributed by atoms with Gasteiger partial charge >= 0.3 is 6.03 Å². The number of likely N-dealkylation sites (N-methyl/N-ethyl adjacent to an activating group) is 1. The average molecular weight is 293 g/mol. The molecule has 1 aromatic rings. The minimum atomic E-state index is -0.168. The van der Waals surface area contributed by atoms with Crippen molar-refractivity contribution >= 4 is 6.03 Å². The van der Waals surface area contributed by atoms with Crippen molar-refractivity contribution in [3.05, 3.63) is 35.4 Å². The quantitative estimate of drug-likeness (QED) is 0.808. The standard InChI is InChI=1S/C16H27N3O2/c1-12-6-8-14(9-7-12)15(19(3)4)10-17-16(20)18-13(2)11-21-5/h6-9,13,15H,10-11H2,1-5H3,(H2,17,18,20)/t13-,15-/m1/s1. The van der Waals surface area contributed by atoms with Crippen LogP contribution in [-0.4, -0.2) is 51.3 Å². The van der Waals surface area contributed by atoms with Crippen molar-refractivity contribution in [3.63, 3.8) is 0 Å². The fourth-order valence-corrected chi connectivity index (χ4v) is 2.14. The van der Waals surface area contributed by atoms with Crippen LogP contribution in [0, 0.1) is 6.92 Å². The maximum Gasteiger partial charge on any atom is 0.315 e. The summed E-state index contributed by atoms with van der Waals surface area (Å²) in [6, 6.07) is 8.36. The van der Waals surface area contributed by atoms with Gasteiger partial charge in [-0.25, -0.2) is 4.79 Å². The van der Waals surface area contributed by atoms with Crippen LogP contribution in [0.5, 0.6) is 0 Å².